The van der Waals surface area contributed by atoms with Crippen molar-refractivity contribution in [1.82, 2.24) is 14.5 Å². The van der Waals surface area contributed by atoms with Crippen LogP contribution in [-0.4, -0.2) is 14.5 Å². The van der Waals surface area contributed by atoms with Gasteiger partial charge in [-0.25, -0.2) is 9.97 Å². The number of benzene rings is 7. The third-order valence-electron chi connectivity index (χ3n) is 10.3. The monoisotopic (exact) mass is 629 g/mol. The Morgan fingerprint density at radius 1 is 0.531 bits per heavy atom. The molecule has 49 heavy (non-hydrogen) atoms. The van der Waals surface area contributed by atoms with Gasteiger partial charge in [-0.2, -0.15) is 0 Å². The van der Waals surface area contributed by atoms with E-state index in [9.17, 15) is 0 Å². The van der Waals surface area contributed by atoms with E-state index in [1.54, 1.807) is 0 Å². The third-order valence-corrected chi connectivity index (χ3v) is 10.3. The zero-order valence-corrected chi connectivity index (χ0v) is 27.2. The lowest BCUT2D eigenvalue weighted by Gasteiger charge is -2.34. The molecular weight excluding hydrogens is 599 g/mol. The Kier molecular flexibility index (Phi) is 5.89. The van der Waals surface area contributed by atoms with E-state index in [4.69, 9.17) is 14.7 Å². The fourth-order valence-electron chi connectivity index (χ4n) is 7.90. The first-order valence-corrected chi connectivity index (χ1v) is 16.8. The van der Waals surface area contributed by atoms with E-state index in [-0.39, 0.29) is 5.41 Å². The van der Waals surface area contributed by atoms with Crippen molar-refractivity contribution in [3.8, 4) is 39.8 Å². The molecule has 4 heteroatoms. The van der Waals surface area contributed by atoms with E-state index in [1.807, 2.05) is 12.1 Å². The number of nitrogens with zero attached hydrogens (tertiary/aromatic N) is 3. The molecule has 10 rings (SSSR count). The van der Waals surface area contributed by atoms with Crippen molar-refractivity contribution in [1.29, 1.82) is 0 Å². The lowest BCUT2D eigenvalue weighted by Crippen LogP contribution is -2.24. The van der Waals surface area contributed by atoms with Crippen LogP contribution < -0.4 is 4.74 Å². The molecule has 3 heterocycles. The van der Waals surface area contributed by atoms with Crippen LogP contribution in [0.15, 0.2) is 152 Å². The van der Waals surface area contributed by atoms with Crippen LogP contribution in [-0.2, 0) is 5.41 Å². The van der Waals surface area contributed by atoms with Crippen molar-refractivity contribution >= 4 is 43.5 Å². The molecule has 0 amide bonds. The second kappa shape index (κ2) is 10.4. The first-order chi connectivity index (χ1) is 24.1. The minimum atomic E-state index is -0.200. The molecule has 232 valence electrons. The summed E-state index contributed by atoms with van der Waals surface area (Å²) in [5, 5.41) is 5.58. The Balaban J connectivity index is 1.23. The molecule has 0 aliphatic carbocycles. The largest absolute Gasteiger partial charge is 0.456 e. The molecule has 4 nitrogen and oxygen atoms in total. The lowest BCUT2D eigenvalue weighted by molar-refractivity contribution is 0.423. The molecule has 0 spiro atoms. The molecule has 0 bridgehead atoms. The molecule has 0 saturated carbocycles. The van der Waals surface area contributed by atoms with Crippen molar-refractivity contribution in [3.63, 3.8) is 0 Å². The summed E-state index contributed by atoms with van der Waals surface area (Å²) in [6.07, 6.45) is 0. The van der Waals surface area contributed by atoms with Crippen molar-refractivity contribution in [2.24, 2.45) is 0 Å². The first kappa shape index (κ1) is 27.8. The maximum absolute atomic E-state index is 6.80. The van der Waals surface area contributed by atoms with Crippen LogP contribution in [0.25, 0.3) is 71.8 Å². The summed E-state index contributed by atoms with van der Waals surface area (Å²) in [7, 11) is 0. The number of rotatable bonds is 3. The molecular formula is C45H31N3O. The van der Waals surface area contributed by atoms with Crippen LogP contribution in [0.4, 0.5) is 0 Å². The summed E-state index contributed by atoms with van der Waals surface area (Å²) in [6, 6.07) is 53.3. The van der Waals surface area contributed by atoms with Gasteiger partial charge in [0.15, 0.2) is 5.82 Å². The number of aromatic nitrogens is 3. The van der Waals surface area contributed by atoms with Crippen molar-refractivity contribution < 1.29 is 4.74 Å². The van der Waals surface area contributed by atoms with E-state index in [0.717, 1.165) is 72.1 Å². The fraction of sp³-hybridized carbons (Fsp3) is 0.0667. The quantitative estimate of drug-likeness (QED) is 0.195. The van der Waals surface area contributed by atoms with Gasteiger partial charge in [-0.1, -0.05) is 129 Å². The summed E-state index contributed by atoms with van der Waals surface area (Å²) < 4.78 is 9.19. The van der Waals surface area contributed by atoms with E-state index in [1.165, 1.54) is 16.5 Å². The summed E-state index contributed by atoms with van der Waals surface area (Å²) in [5.74, 6) is 2.57. The number of hydrogen-bond acceptors (Lipinski definition) is 3. The molecule has 1 aliphatic heterocycles. The van der Waals surface area contributed by atoms with Crippen LogP contribution >= 0.6 is 0 Å². The van der Waals surface area contributed by atoms with Crippen molar-refractivity contribution in [3.05, 3.63) is 163 Å². The zero-order valence-electron chi connectivity index (χ0n) is 27.2. The van der Waals surface area contributed by atoms with Gasteiger partial charge in [0, 0.05) is 43.8 Å². The molecule has 0 saturated heterocycles. The van der Waals surface area contributed by atoms with Gasteiger partial charge in [-0.3, -0.25) is 0 Å². The number of fused-ring (bicyclic) bond motifs is 8. The average Bonchev–Trinajstić information content (AvgIpc) is 3.49. The summed E-state index contributed by atoms with van der Waals surface area (Å²) in [6.45, 7) is 4.59. The van der Waals surface area contributed by atoms with E-state index in [0.29, 0.717) is 5.82 Å². The van der Waals surface area contributed by atoms with Gasteiger partial charge >= 0.3 is 0 Å². The summed E-state index contributed by atoms with van der Waals surface area (Å²) in [4.78, 5) is 10.3. The van der Waals surface area contributed by atoms with Crippen molar-refractivity contribution in [2.45, 2.75) is 19.3 Å². The SMILES string of the molecule is CC1(C)c2ccccc2Oc2c1ccc1c2c2ccccc2n1-c1ccc(-c2nc(-c3ccccc3)c3ccccc3n2)c2ccccc12. The third kappa shape index (κ3) is 4.04. The highest BCUT2D eigenvalue weighted by Gasteiger charge is 2.36. The van der Waals surface area contributed by atoms with E-state index < -0.39 is 0 Å². The summed E-state index contributed by atoms with van der Waals surface area (Å²) in [5.41, 5.74) is 9.50. The maximum Gasteiger partial charge on any atom is 0.161 e. The highest BCUT2D eigenvalue weighted by atomic mass is 16.5. The Morgan fingerprint density at radius 3 is 2.08 bits per heavy atom. The molecule has 9 aromatic rings. The number of para-hydroxylation sites is 3. The molecule has 0 fully saturated rings. The molecule has 2 aromatic heterocycles. The van der Waals surface area contributed by atoms with Crippen molar-refractivity contribution in [2.75, 3.05) is 0 Å². The Bertz CT molecular complexity index is 2780. The molecule has 0 radical (unpaired) electrons. The predicted molar refractivity (Wildman–Crippen MR) is 201 cm³/mol. The normalized spacial score (nSPS) is 13.4. The minimum Gasteiger partial charge on any atom is -0.456 e. The predicted octanol–water partition coefficient (Wildman–Crippen LogP) is 11.6. The molecule has 7 aromatic carbocycles. The lowest BCUT2D eigenvalue weighted by atomic mass is 9.75. The molecule has 0 N–H and O–H groups in total. The minimum absolute atomic E-state index is 0.200. The van der Waals surface area contributed by atoms with Gasteiger partial charge in [-0.15, -0.1) is 0 Å². The van der Waals surface area contributed by atoms with Gasteiger partial charge in [0.05, 0.1) is 33.3 Å². The van der Waals surface area contributed by atoms with E-state index >= 15 is 0 Å². The molecule has 1 aliphatic rings. The first-order valence-electron chi connectivity index (χ1n) is 16.8. The zero-order chi connectivity index (χ0) is 32.7. The number of ether oxygens (including phenoxy) is 1. The van der Waals surface area contributed by atoms with Crippen LogP contribution in [0.5, 0.6) is 11.5 Å². The van der Waals surface area contributed by atoms with Crippen LogP contribution in [0, 0.1) is 0 Å². The van der Waals surface area contributed by atoms with Gasteiger partial charge in [0.2, 0.25) is 0 Å². The molecule has 0 atom stereocenters. The van der Waals surface area contributed by atoms with Gasteiger partial charge < -0.3 is 9.30 Å². The second-order valence-electron chi connectivity index (χ2n) is 13.4. The van der Waals surface area contributed by atoms with Crippen LogP contribution in [0.3, 0.4) is 0 Å². The smallest absolute Gasteiger partial charge is 0.161 e. The standard InChI is InChI=1S/C45H31N3O/c1-45(2)34-20-10-13-23-40(34)49-43-35(45)25-27-39-41(43)33-19-9-12-22-37(33)48(39)38-26-24-31(29-16-6-7-17-30(29)38)44-46-36-21-11-8-18-32(36)42(47-44)28-14-4-3-5-15-28/h3-27H,1-2H3. The Labute approximate surface area is 283 Å². The summed E-state index contributed by atoms with van der Waals surface area (Å²) >= 11 is 0. The van der Waals surface area contributed by atoms with Gasteiger partial charge in [0.25, 0.3) is 0 Å². The number of hydrogen-bond donors (Lipinski definition) is 0. The maximum atomic E-state index is 6.80. The van der Waals surface area contributed by atoms with E-state index in [2.05, 4.69) is 158 Å². The molecule has 0 unspecified atom stereocenters. The van der Waals surface area contributed by atoms with Crippen LogP contribution in [0.1, 0.15) is 25.0 Å². The topological polar surface area (TPSA) is 39.9 Å². The van der Waals surface area contributed by atoms with Crippen LogP contribution in [0.2, 0.25) is 0 Å². The highest BCUT2D eigenvalue weighted by Crippen LogP contribution is 2.52. The fourth-order valence-corrected chi connectivity index (χ4v) is 7.90. The van der Waals surface area contributed by atoms with Gasteiger partial charge in [0.1, 0.15) is 11.5 Å². The van der Waals surface area contributed by atoms with Gasteiger partial charge in [-0.05, 0) is 41.8 Å². The average molecular weight is 630 g/mol. The Morgan fingerprint density at radius 2 is 1.22 bits per heavy atom. The Hall–Kier alpha value is -6.26. The highest BCUT2D eigenvalue weighted by molar-refractivity contribution is 6.15. The second-order valence-corrected chi connectivity index (χ2v) is 13.4.